The molecule has 0 saturated heterocycles. The summed E-state index contributed by atoms with van der Waals surface area (Å²) in [6.45, 7) is 4.28. The van der Waals surface area contributed by atoms with Crippen LogP contribution in [0.15, 0.2) is 76.4 Å². The summed E-state index contributed by atoms with van der Waals surface area (Å²) in [4.78, 5) is 4.53. The molecule has 1 N–H and O–H groups in total. The van der Waals surface area contributed by atoms with Crippen LogP contribution in [0.25, 0.3) is 0 Å². The van der Waals surface area contributed by atoms with Crippen molar-refractivity contribution in [3.63, 3.8) is 0 Å². The molecule has 2 aromatic carbocycles. The minimum atomic E-state index is -3.64. The second kappa shape index (κ2) is 6.37. The third-order valence-electron chi connectivity index (χ3n) is 4.47. The lowest BCUT2D eigenvalue weighted by molar-refractivity contribution is 0.584. The van der Waals surface area contributed by atoms with Crippen molar-refractivity contribution in [1.29, 1.82) is 0 Å². The summed E-state index contributed by atoms with van der Waals surface area (Å²) in [6.07, 6.45) is 3.33. The highest BCUT2D eigenvalue weighted by molar-refractivity contribution is 7.89. The molecule has 5 nitrogen and oxygen atoms in total. The molecule has 0 aliphatic carbocycles. The zero-order valence-corrected chi connectivity index (χ0v) is 15.3. The summed E-state index contributed by atoms with van der Waals surface area (Å²) in [7, 11) is -1.64. The normalized spacial score (nSPS) is 17.9. The van der Waals surface area contributed by atoms with Gasteiger partial charge in [-0.1, -0.05) is 50.2 Å². The Morgan fingerprint density at radius 3 is 2.36 bits per heavy atom. The van der Waals surface area contributed by atoms with Gasteiger partial charge in [0, 0.05) is 30.1 Å². The molecular weight excluding hydrogens is 334 g/mol. The predicted molar refractivity (Wildman–Crippen MR) is 101 cm³/mol. The Morgan fingerprint density at radius 2 is 1.68 bits per heavy atom. The van der Waals surface area contributed by atoms with E-state index in [1.165, 1.54) is 23.9 Å². The molecule has 0 amide bonds. The van der Waals surface area contributed by atoms with Crippen LogP contribution in [0.2, 0.25) is 0 Å². The number of nitrogens with one attached hydrogen (secondary N) is 1. The van der Waals surface area contributed by atoms with E-state index in [1.54, 1.807) is 18.2 Å². The van der Waals surface area contributed by atoms with Gasteiger partial charge in [-0.3, -0.25) is 0 Å². The van der Waals surface area contributed by atoms with E-state index in [4.69, 9.17) is 0 Å². The van der Waals surface area contributed by atoms with Crippen LogP contribution in [0.3, 0.4) is 0 Å². The third-order valence-corrected chi connectivity index (χ3v) is 5.71. The van der Waals surface area contributed by atoms with E-state index in [9.17, 15) is 8.42 Å². The monoisotopic (exact) mass is 355 g/mol. The lowest BCUT2D eigenvalue weighted by Gasteiger charge is -2.23. The van der Waals surface area contributed by atoms with E-state index < -0.39 is 10.0 Å². The van der Waals surface area contributed by atoms with E-state index in [-0.39, 0.29) is 10.3 Å². The third kappa shape index (κ3) is 3.17. The molecule has 1 heterocycles. The number of allylic oxidation sites excluding steroid dienone is 2. The van der Waals surface area contributed by atoms with Gasteiger partial charge in [0.2, 0.25) is 0 Å². The molecule has 2 aromatic rings. The lowest BCUT2D eigenvalue weighted by Crippen LogP contribution is -2.23. The number of nitrogens with zero attached hydrogens (tertiary/aromatic N) is 2. The van der Waals surface area contributed by atoms with Gasteiger partial charge in [0.25, 0.3) is 10.0 Å². The molecule has 0 fully saturated rings. The molecular formula is C19H21N3O2S. The molecule has 130 valence electrons. The lowest BCUT2D eigenvalue weighted by atomic mass is 9.84. The molecule has 6 heteroatoms. The molecule has 0 radical (unpaired) electrons. The molecule has 0 saturated carbocycles. The van der Waals surface area contributed by atoms with E-state index in [1.807, 2.05) is 25.3 Å². The predicted octanol–water partition coefficient (Wildman–Crippen LogP) is 3.26. The first-order valence-electron chi connectivity index (χ1n) is 7.98. The summed E-state index contributed by atoms with van der Waals surface area (Å²) in [5.74, 6) is 0. The van der Waals surface area contributed by atoms with Gasteiger partial charge in [-0.05, 0) is 29.8 Å². The van der Waals surface area contributed by atoms with E-state index >= 15 is 0 Å². The number of sulfonamides is 1. The Balaban J connectivity index is 1.80. The molecule has 0 spiro atoms. The number of hydrogen-bond donors (Lipinski definition) is 1. The summed E-state index contributed by atoms with van der Waals surface area (Å²) in [5.41, 5.74) is 3.27. The highest BCUT2D eigenvalue weighted by atomic mass is 32.2. The SMILES string of the molecule is CN1/C(=C\C=N/NS(=O)(=O)c2ccccc2)C(C)(C)c2ccccc21. The maximum atomic E-state index is 12.1. The Labute approximate surface area is 148 Å². The first-order chi connectivity index (χ1) is 11.8. The van der Waals surface area contributed by atoms with Gasteiger partial charge in [-0.2, -0.15) is 13.5 Å². The van der Waals surface area contributed by atoms with Crippen molar-refractivity contribution in [2.75, 3.05) is 11.9 Å². The number of likely N-dealkylation sites (N-methyl/N-ethyl adjacent to an activating group) is 1. The van der Waals surface area contributed by atoms with Crippen molar-refractivity contribution < 1.29 is 8.42 Å². The van der Waals surface area contributed by atoms with Crippen LogP contribution in [0.4, 0.5) is 5.69 Å². The molecule has 3 rings (SSSR count). The molecule has 1 aliphatic rings. The quantitative estimate of drug-likeness (QED) is 0.676. The van der Waals surface area contributed by atoms with E-state index in [0.717, 1.165) is 11.4 Å². The van der Waals surface area contributed by atoms with Gasteiger partial charge >= 0.3 is 0 Å². The Morgan fingerprint density at radius 1 is 1.04 bits per heavy atom. The standard InChI is InChI=1S/C19H21N3O2S/c1-19(2)16-11-7-8-12-17(16)22(3)18(19)13-14-20-21-25(23,24)15-9-5-4-6-10-15/h4-14,21H,1-3H3/b18-13-,20-14-. The summed E-state index contributed by atoms with van der Waals surface area (Å²) < 4.78 is 24.3. The number of hydrogen-bond acceptors (Lipinski definition) is 4. The zero-order chi connectivity index (χ0) is 18.1. The van der Waals surface area contributed by atoms with Crippen LogP contribution in [-0.2, 0) is 15.4 Å². The fourth-order valence-corrected chi connectivity index (χ4v) is 3.98. The topological polar surface area (TPSA) is 61.8 Å². The Bertz CT molecular complexity index is 932. The maximum Gasteiger partial charge on any atom is 0.276 e. The summed E-state index contributed by atoms with van der Waals surface area (Å²) in [5, 5.41) is 3.88. The molecule has 0 unspecified atom stereocenters. The Hall–Kier alpha value is -2.60. The molecule has 25 heavy (non-hydrogen) atoms. The minimum Gasteiger partial charge on any atom is -0.347 e. The number of para-hydroxylation sites is 1. The Kier molecular flexibility index (Phi) is 4.39. The van der Waals surface area contributed by atoms with Gasteiger partial charge < -0.3 is 4.90 Å². The second-order valence-corrected chi connectivity index (χ2v) is 8.10. The largest absolute Gasteiger partial charge is 0.347 e. The van der Waals surface area contributed by atoms with Gasteiger partial charge in [0.1, 0.15) is 0 Å². The van der Waals surface area contributed by atoms with Crippen LogP contribution < -0.4 is 9.73 Å². The van der Waals surface area contributed by atoms with E-state index in [2.05, 4.69) is 40.8 Å². The fraction of sp³-hybridized carbons (Fsp3) is 0.211. The molecule has 0 atom stereocenters. The first-order valence-corrected chi connectivity index (χ1v) is 9.46. The average Bonchev–Trinajstić information content (AvgIpc) is 2.80. The number of anilines is 1. The van der Waals surface area contributed by atoms with Gasteiger partial charge in [-0.15, -0.1) is 0 Å². The second-order valence-electron chi connectivity index (χ2n) is 6.44. The highest BCUT2D eigenvalue weighted by Gasteiger charge is 2.37. The molecule has 0 bridgehead atoms. The number of rotatable bonds is 4. The smallest absolute Gasteiger partial charge is 0.276 e. The van der Waals surface area contributed by atoms with Gasteiger partial charge in [0.05, 0.1) is 4.90 Å². The number of benzene rings is 2. The zero-order valence-electron chi connectivity index (χ0n) is 14.5. The molecule has 0 aromatic heterocycles. The highest BCUT2D eigenvalue weighted by Crippen LogP contribution is 2.46. The average molecular weight is 355 g/mol. The van der Waals surface area contributed by atoms with Crippen molar-refractivity contribution in [2.45, 2.75) is 24.2 Å². The van der Waals surface area contributed by atoms with Crippen molar-refractivity contribution in [1.82, 2.24) is 4.83 Å². The van der Waals surface area contributed by atoms with Crippen molar-refractivity contribution in [3.05, 3.63) is 71.9 Å². The van der Waals surface area contributed by atoms with Crippen molar-refractivity contribution >= 4 is 21.9 Å². The van der Waals surface area contributed by atoms with Crippen LogP contribution in [-0.4, -0.2) is 21.7 Å². The van der Waals surface area contributed by atoms with Crippen LogP contribution >= 0.6 is 0 Å². The van der Waals surface area contributed by atoms with Crippen LogP contribution in [0, 0.1) is 0 Å². The van der Waals surface area contributed by atoms with Crippen LogP contribution in [0.5, 0.6) is 0 Å². The van der Waals surface area contributed by atoms with Gasteiger partial charge in [-0.25, -0.2) is 4.83 Å². The minimum absolute atomic E-state index is 0.171. The number of hydrazone groups is 1. The van der Waals surface area contributed by atoms with Crippen LogP contribution in [0.1, 0.15) is 19.4 Å². The fourth-order valence-electron chi connectivity index (χ4n) is 3.16. The summed E-state index contributed by atoms with van der Waals surface area (Å²) in [6, 6.07) is 16.4. The maximum absolute atomic E-state index is 12.1. The first kappa shape index (κ1) is 17.2. The number of fused-ring (bicyclic) bond motifs is 1. The van der Waals surface area contributed by atoms with Crippen molar-refractivity contribution in [2.24, 2.45) is 5.10 Å². The van der Waals surface area contributed by atoms with Gasteiger partial charge in [0.15, 0.2) is 0 Å². The summed E-state index contributed by atoms with van der Waals surface area (Å²) >= 11 is 0. The van der Waals surface area contributed by atoms with Crippen molar-refractivity contribution in [3.8, 4) is 0 Å². The van der Waals surface area contributed by atoms with E-state index in [0.29, 0.717) is 0 Å². The molecule has 1 aliphatic heterocycles.